The van der Waals surface area contributed by atoms with Crippen molar-refractivity contribution in [2.75, 3.05) is 19.8 Å². The van der Waals surface area contributed by atoms with Gasteiger partial charge in [-0.05, 0) is 90.6 Å². The number of benzene rings is 3. The molecule has 3 aromatic carbocycles. The Balaban J connectivity index is 1.67. The van der Waals surface area contributed by atoms with E-state index < -0.39 is 5.97 Å². The first-order valence-corrected chi connectivity index (χ1v) is 11.0. The largest absolute Gasteiger partial charge is 0.491 e. The van der Waals surface area contributed by atoms with E-state index in [4.69, 9.17) is 19.3 Å². The van der Waals surface area contributed by atoms with Crippen LogP contribution in [0.2, 0.25) is 0 Å². The molecule has 0 aliphatic rings. The molecule has 5 heteroatoms. The molecule has 3 aromatic rings. The molecule has 172 valence electrons. The van der Waals surface area contributed by atoms with Gasteiger partial charge in [-0.25, -0.2) is 4.79 Å². The topological polar surface area (TPSA) is 65.0 Å². The van der Waals surface area contributed by atoms with Crippen molar-refractivity contribution in [3.05, 3.63) is 89.0 Å². The first kappa shape index (κ1) is 24.1. The zero-order valence-electron chi connectivity index (χ0n) is 19.3. The van der Waals surface area contributed by atoms with Crippen molar-refractivity contribution in [3.63, 3.8) is 0 Å². The molecule has 1 N–H and O–H groups in total. The van der Waals surface area contributed by atoms with Crippen LogP contribution in [0.15, 0.2) is 66.7 Å². The molecular formula is C28H30O5. The van der Waals surface area contributed by atoms with Crippen LogP contribution in [0, 0.1) is 13.8 Å². The highest BCUT2D eigenvalue weighted by Crippen LogP contribution is 2.31. The number of rotatable bonds is 11. The van der Waals surface area contributed by atoms with Gasteiger partial charge in [0, 0.05) is 12.7 Å². The van der Waals surface area contributed by atoms with Crippen molar-refractivity contribution < 1.29 is 24.1 Å². The standard InChI is InChI=1S/C28H30O5/c1-4-31-14-15-32-26-16-20(2)28(21(3)17-26)24-7-5-6-23(18-24)19-33-25-11-8-22(9-12-25)10-13-27(29)30/h5-13,16-18H,4,14-15,19H2,1-3H3,(H,29,30). The van der Waals surface area contributed by atoms with Crippen molar-refractivity contribution in [2.45, 2.75) is 27.4 Å². The summed E-state index contributed by atoms with van der Waals surface area (Å²) >= 11 is 0. The SMILES string of the molecule is CCOCCOc1cc(C)c(-c2cccc(COc3ccc(C=CC(=O)O)cc3)c2)c(C)c1. The van der Waals surface area contributed by atoms with E-state index in [9.17, 15) is 4.79 Å². The second-order valence-corrected chi connectivity index (χ2v) is 7.71. The van der Waals surface area contributed by atoms with Gasteiger partial charge in [0.15, 0.2) is 0 Å². The van der Waals surface area contributed by atoms with Crippen LogP contribution in [0.3, 0.4) is 0 Å². The Bertz CT molecular complexity index is 1080. The Morgan fingerprint density at radius 1 is 0.909 bits per heavy atom. The summed E-state index contributed by atoms with van der Waals surface area (Å²) in [6, 6.07) is 19.8. The van der Waals surface area contributed by atoms with Crippen LogP contribution in [0.4, 0.5) is 0 Å². The zero-order valence-corrected chi connectivity index (χ0v) is 19.3. The summed E-state index contributed by atoms with van der Waals surface area (Å²) in [6.07, 6.45) is 2.67. The maximum absolute atomic E-state index is 10.6. The maximum atomic E-state index is 10.6. The molecule has 33 heavy (non-hydrogen) atoms. The van der Waals surface area contributed by atoms with Gasteiger partial charge >= 0.3 is 5.97 Å². The molecule has 0 fully saturated rings. The Labute approximate surface area is 195 Å². The van der Waals surface area contributed by atoms with Gasteiger partial charge in [-0.15, -0.1) is 0 Å². The van der Waals surface area contributed by atoms with Crippen molar-refractivity contribution >= 4 is 12.0 Å². The number of hydrogen-bond acceptors (Lipinski definition) is 4. The molecule has 5 nitrogen and oxygen atoms in total. The molecule has 0 saturated carbocycles. The first-order chi connectivity index (χ1) is 16.0. The van der Waals surface area contributed by atoms with E-state index in [2.05, 4.69) is 38.1 Å². The van der Waals surface area contributed by atoms with E-state index in [1.807, 2.05) is 43.3 Å². The number of carboxylic acid groups (broad SMARTS) is 1. The van der Waals surface area contributed by atoms with Crippen molar-refractivity contribution in [2.24, 2.45) is 0 Å². The zero-order chi connectivity index (χ0) is 23.6. The molecule has 0 radical (unpaired) electrons. The van der Waals surface area contributed by atoms with Crippen LogP contribution in [-0.4, -0.2) is 30.9 Å². The van der Waals surface area contributed by atoms with Crippen LogP contribution in [-0.2, 0) is 16.1 Å². The highest BCUT2D eigenvalue weighted by Gasteiger charge is 2.10. The summed E-state index contributed by atoms with van der Waals surface area (Å²) < 4.78 is 17.1. The fraction of sp³-hybridized carbons (Fsp3) is 0.250. The monoisotopic (exact) mass is 446 g/mol. The molecule has 0 amide bonds. The second-order valence-electron chi connectivity index (χ2n) is 7.71. The summed E-state index contributed by atoms with van der Waals surface area (Å²) in [5, 5.41) is 8.72. The third kappa shape index (κ3) is 7.22. The number of carbonyl (C=O) groups is 1. The molecule has 0 bridgehead atoms. The van der Waals surface area contributed by atoms with Crippen LogP contribution in [0.5, 0.6) is 11.5 Å². The normalized spacial score (nSPS) is 11.0. The molecular weight excluding hydrogens is 416 g/mol. The Morgan fingerprint density at radius 3 is 2.30 bits per heavy atom. The predicted molar refractivity (Wildman–Crippen MR) is 131 cm³/mol. The van der Waals surface area contributed by atoms with Gasteiger partial charge in [0.2, 0.25) is 0 Å². The lowest BCUT2D eigenvalue weighted by Crippen LogP contribution is -2.06. The number of hydrogen-bond donors (Lipinski definition) is 1. The average molecular weight is 447 g/mol. The van der Waals surface area contributed by atoms with Gasteiger partial charge < -0.3 is 19.3 Å². The Morgan fingerprint density at radius 2 is 1.64 bits per heavy atom. The molecule has 0 aliphatic heterocycles. The Kier molecular flexibility index (Phi) is 8.67. The molecule has 0 aromatic heterocycles. The van der Waals surface area contributed by atoms with E-state index in [0.29, 0.717) is 26.4 Å². The van der Waals surface area contributed by atoms with Crippen molar-refractivity contribution in [1.29, 1.82) is 0 Å². The second kappa shape index (κ2) is 11.9. The molecule has 0 spiro atoms. The minimum absolute atomic E-state index is 0.439. The lowest BCUT2D eigenvalue weighted by molar-refractivity contribution is -0.131. The highest BCUT2D eigenvalue weighted by molar-refractivity contribution is 5.85. The van der Waals surface area contributed by atoms with E-state index >= 15 is 0 Å². The van der Waals surface area contributed by atoms with Gasteiger partial charge in [0.25, 0.3) is 0 Å². The summed E-state index contributed by atoms with van der Waals surface area (Å²) in [4.78, 5) is 10.6. The summed E-state index contributed by atoms with van der Waals surface area (Å²) in [5.74, 6) is 0.618. The number of carboxylic acids is 1. The maximum Gasteiger partial charge on any atom is 0.328 e. The van der Waals surface area contributed by atoms with Crippen molar-refractivity contribution in [3.8, 4) is 22.6 Å². The van der Waals surface area contributed by atoms with Gasteiger partial charge in [0.1, 0.15) is 24.7 Å². The summed E-state index contributed by atoms with van der Waals surface area (Å²) in [5.41, 5.74) is 6.53. The molecule has 3 rings (SSSR count). The molecule has 0 aliphatic carbocycles. The lowest BCUT2D eigenvalue weighted by atomic mass is 9.94. The predicted octanol–water partition coefficient (Wildman–Crippen LogP) is 6.06. The molecule has 0 heterocycles. The molecule has 0 atom stereocenters. The minimum atomic E-state index is -0.968. The van der Waals surface area contributed by atoms with E-state index in [1.165, 1.54) is 5.56 Å². The van der Waals surface area contributed by atoms with E-state index in [0.717, 1.165) is 45.4 Å². The third-order valence-electron chi connectivity index (χ3n) is 5.13. The lowest BCUT2D eigenvalue weighted by Gasteiger charge is -2.15. The van der Waals surface area contributed by atoms with E-state index in [1.54, 1.807) is 6.08 Å². The average Bonchev–Trinajstić information content (AvgIpc) is 2.80. The molecule has 0 unspecified atom stereocenters. The van der Waals surface area contributed by atoms with Gasteiger partial charge in [-0.2, -0.15) is 0 Å². The minimum Gasteiger partial charge on any atom is -0.491 e. The highest BCUT2D eigenvalue weighted by atomic mass is 16.5. The number of ether oxygens (including phenoxy) is 3. The fourth-order valence-electron chi connectivity index (χ4n) is 3.65. The fourth-order valence-corrected chi connectivity index (χ4v) is 3.65. The first-order valence-electron chi connectivity index (χ1n) is 11.0. The van der Waals surface area contributed by atoms with Gasteiger partial charge in [-0.3, -0.25) is 0 Å². The van der Waals surface area contributed by atoms with E-state index in [-0.39, 0.29) is 0 Å². The number of aryl methyl sites for hydroxylation is 2. The quantitative estimate of drug-likeness (QED) is 0.286. The van der Waals surface area contributed by atoms with Gasteiger partial charge in [0.05, 0.1) is 6.61 Å². The Hall–Kier alpha value is -3.57. The number of aliphatic carboxylic acids is 1. The van der Waals surface area contributed by atoms with Crippen LogP contribution >= 0.6 is 0 Å². The smallest absolute Gasteiger partial charge is 0.328 e. The third-order valence-corrected chi connectivity index (χ3v) is 5.13. The van der Waals surface area contributed by atoms with Gasteiger partial charge in [-0.1, -0.05) is 30.3 Å². The van der Waals surface area contributed by atoms with Crippen molar-refractivity contribution in [1.82, 2.24) is 0 Å². The van der Waals surface area contributed by atoms with Crippen LogP contribution in [0.25, 0.3) is 17.2 Å². The van der Waals surface area contributed by atoms with Crippen LogP contribution in [0.1, 0.15) is 29.2 Å². The van der Waals surface area contributed by atoms with Crippen LogP contribution < -0.4 is 9.47 Å². The molecule has 0 saturated heterocycles. The summed E-state index contributed by atoms with van der Waals surface area (Å²) in [7, 11) is 0. The summed E-state index contributed by atoms with van der Waals surface area (Å²) in [6.45, 7) is 8.42.